The van der Waals surface area contributed by atoms with Gasteiger partial charge < -0.3 is 0 Å². The quantitative estimate of drug-likeness (QED) is 0.562. The lowest BCUT2D eigenvalue weighted by Gasteiger charge is -2.55. The van der Waals surface area contributed by atoms with E-state index in [9.17, 15) is 0 Å². The Morgan fingerprint density at radius 3 is 2.83 bits per heavy atom. The largest absolute Gasteiger partial charge is 0.0955 e. The fourth-order valence-corrected chi connectivity index (χ4v) is 6.43. The second-order valence-electron chi connectivity index (χ2n) is 8.04. The van der Waals surface area contributed by atoms with Crippen LogP contribution in [0.1, 0.15) is 52.9 Å². The van der Waals surface area contributed by atoms with Gasteiger partial charge in [-0.3, -0.25) is 0 Å². The normalized spacial score (nSPS) is 52.2. The summed E-state index contributed by atoms with van der Waals surface area (Å²) in [6.07, 6.45) is 9.77. The highest BCUT2D eigenvalue weighted by atomic mass is 14.7. The molecule has 5 atom stereocenters. The Bertz CT molecular complexity index is 453. The van der Waals surface area contributed by atoms with Crippen molar-refractivity contribution in [2.24, 2.45) is 34.5 Å². The summed E-state index contributed by atoms with van der Waals surface area (Å²) in [5, 5.41) is 0. The molecule has 0 aromatic carbocycles. The van der Waals surface area contributed by atoms with Crippen molar-refractivity contribution in [1.29, 1.82) is 0 Å². The molecule has 0 heterocycles. The maximum atomic E-state index is 4.37. The molecule has 3 saturated carbocycles. The van der Waals surface area contributed by atoms with Crippen molar-refractivity contribution in [2.75, 3.05) is 0 Å². The molecule has 4 aliphatic rings. The molecule has 2 bridgehead atoms. The van der Waals surface area contributed by atoms with Gasteiger partial charge in [0.1, 0.15) is 0 Å². The molecule has 4 rings (SSSR count). The van der Waals surface area contributed by atoms with E-state index >= 15 is 0 Å². The highest BCUT2D eigenvalue weighted by Gasteiger charge is 2.71. The lowest BCUT2D eigenvalue weighted by Crippen LogP contribution is -2.46. The first-order chi connectivity index (χ1) is 8.49. The van der Waals surface area contributed by atoms with Gasteiger partial charge in [0.2, 0.25) is 0 Å². The van der Waals surface area contributed by atoms with Crippen LogP contribution >= 0.6 is 0 Å². The molecule has 0 aromatic rings. The van der Waals surface area contributed by atoms with Gasteiger partial charge in [-0.2, -0.15) is 0 Å². The summed E-state index contributed by atoms with van der Waals surface area (Å²) in [7, 11) is 0. The Labute approximate surface area is 112 Å². The molecule has 4 aliphatic carbocycles. The van der Waals surface area contributed by atoms with Crippen molar-refractivity contribution in [3.63, 3.8) is 0 Å². The highest BCUT2D eigenvalue weighted by Crippen LogP contribution is 2.78. The molecule has 0 saturated heterocycles. The molecule has 98 valence electrons. The minimum absolute atomic E-state index is 0.517. The Morgan fingerprint density at radius 2 is 2.06 bits per heavy atom. The third kappa shape index (κ3) is 1.05. The second kappa shape index (κ2) is 3.14. The summed E-state index contributed by atoms with van der Waals surface area (Å²) >= 11 is 0. The van der Waals surface area contributed by atoms with Crippen LogP contribution in [0.4, 0.5) is 0 Å². The van der Waals surface area contributed by atoms with E-state index in [4.69, 9.17) is 0 Å². The second-order valence-corrected chi connectivity index (χ2v) is 8.04. The zero-order chi connectivity index (χ0) is 12.7. The Hall–Kier alpha value is -0.520. The van der Waals surface area contributed by atoms with Gasteiger partial charge in [0, 0.05) is 0 Å². The summed E-state index contributed by atoms with van der Waals surface area (Å²) in [4.78, 5) is 0. The lowest BCUT2D eigenvalue weighted by molar-refractivity contribution is 0.0194. The van der Waals surface area contributed by atoms with E-state index in [1.54, 1.807) is 5.57 Å². The molecule has 1 spiro atoms. The van der Waals surface area contributed by atoms with E-state index in [2.05, 4.69) is 33.4 Å². The molecule has 0 heteroatoms. The van der Waals surface area contributed by atoms with Crippen LogP contribution in [0.15, 0.2) is 23.8 Å². The van der Waals surface area contributed by atoms with E-state index in [1.807, 2.05) is 0 Å². The minimum Gasteiger partial charge on any atom is -0.0955 e. The molecule has 3 fully saturated rings. The van der Waals surface area contributed by atoms with Crippen LogP contribution in [0.3, 0.4) is 0 Å². The first-order valence-corrected chi connectivity index (χ1v) is 7.89. The van der Waals surface area contributed by atoms with E-state index in [0.29, 0.717) is 10.8 Å². The van der Waals surface area contributed by atoms with E-state index in [-0.39, 0.29) is 0 Å². The summed E-state index contributed by atoms with van der Waals surface area (Å²) in [5.74, 6) is 3.64. The number of rotatable bonds is 0. The summed E-state index contributed by atoms with van der Waals surface area (Å²) in [6.45, 7) is 11.9. The monoisotopic (exact) mass is 242 g/mol. The molecule has 0 N–H and O–H groups in total. The number of hydrogen-bond acceptors (Lipinski definition) is 0. The van der Waals surface area contributed by atoms with Crippen LogP contribution in [0.25, 0.3) is 0 Å². The topological polar surface area (TPSA) is 0 Å². The third-order valence-corrected chi connectivity index (χ3v) is 7.21. The molecule has 18 heavy (non-hydrogen) atoms. The Balaban J connectivity index is 1.88. The van der Waals surface area contributed by atoms with E-state index in [1.165, 1.54) is 37.7 Å². The smallest absolute Gasteiger partial charge is 0.00171 e. The van der Waals surface area contributed by atoms with Crippen LogP contribution in [0.2, 0.25) is 0 Å². The SMILES string of the molecule is C=C1C=C2CCC3CCCC2(C3C)C2C1C2(C)C. The van der Waals surface area contributed by atoms with Gasteiger partial charge in [0.25, 0.3) is 0 Å². The molecular formula is C18H26. The highest BCUT2D eigenvalue weighted by molar-refractivity contribution is 5.45. The van der Waals surface area contributed by atoms with Gasteiger partial charge in [0.15, 0.2) is 0 Å². The van der Waals surface area contributed by atoms with E-state index in [0.717, 1.165) is 23.7 Å². The molecule has 0 aliphatic heterocycles. The molecule has 5 unspecified atom stereocenters. The van der Waals surface area contributed by atoms with Gasteiger partial charge in [0.05, 0.1) is 0 Å². The van der Waals surface area contributed by atoms with Gasteiger partial charge in [-0.05, 0) is 53.8 Å². The standard InChI is InChI=1S/C18H26/c1-11-10-14-8-7-13-6-5-9-18(14,12(13)2)16-15(11)17(16,3)4/h10,12-13,15-16H,1,5-9H2,2-4H3. The Kier molecular flexibility index (Phi) is 1.97. The van der Waals surface area contributed by atoms with Crippen molar-refractivity contribution >= 4 is 0 Å². The van der Waals surface area contributed by atoms with Crippen molar-refractivity contribution in [1.82, 2.24) is 0 Å². The van der Waals surface area contributed by atoms with Crippen LogP contribution < -0.4 is 0 Å². The molecule has 0 nitrogen and oxygen atoms in total. The zero-order valence-corrected chi connectivity index (χ0v) is 12.1. The van der Waals surface area contributed by atoms with Crippen LogP contribution in [0, 0.1) is 34.5 Å². The fourth-order valence-electron chi connectivity index (χ4n) is 6.43. The zero-order valence-electron chi connectivity index (χ0n) is 12.1. The summed E-state index contributed by atoms with van der Waals surface area (Å²) in [5.41, 5.74) is 4.34. The minimum atomic E-state index is 0.517. The van der Waals surface area contributed by atoms with Gasteiger partial charge in [-0.25, -0.2) is 0 Å². The molecule has 0 aromatic heterocycles. The number of hydrogen-bond donors (Lipinski definition) is 0. The Morgan fingerprint density at radius 1 is 1.28 bits per heavy atom. The maximum absolute atomic E-state index is 4.37. The number of fused-ring (bicyclic) bond motifs is 2. The fraction of sp³-hybridized carbons (Fsp3) is 0.778. The first-order valence-electron chi connectivity index (χ1n) is 7.89. The maximum Gasteiger partial charge on any atom is -0.00171 e. The van der Waals surface area contributed by atoms with Gasteiger partial charge >= 0.3 is 0 Å². The summed E-state index contributed by atoms with van der Waals surface area (Å²) in [6, 6.07) is 0. The average Bonchev–Trinajstić information content (AvgIpc) is 2.87. The van der Waals surface area contributed by atoms with Crippen molar-refractivity contribution in [3.8, 4) is 0 Å². The molecular weight excluding hydrogens is 216 g/mol. The molecule has 0 radical (unpaired) electrons. The first kappa shape index (κ1) is 11.3. The van der Waals surface area contributed by atoms with Crippen molar-refractivity contribution < 1.29 is 0 Å². The van der Waals surface area contributed by atoms with E-state index < -0.39 is 0 Å². The van der Waals surface area contributed by atoms with Crippen LogP contribution in [-0.4, -0.2) is 0 Å². The predicted molar refractivity (Wildman–Crippen MR) is 76.2 cm³/mol. The summed E-state index contributed by atoms with van der Waals surface area (Å²) < 4.78 is 0. The van der Waals surface area contributed by atoms with Gasteiger partial charge in [-0.1, -0.05) is 57.4 Å². The van der Waals surface area contributed by atoms with Crippen LogP contribution in [0.5, 0.6) is 0 Å². The van der Waals surface area contributed by atoms with Crippen molar-refractivity contribution in [3.05, 3.63) is 23.8 Å². The van der Waals surface area contributed by atoms with Crippen LogP contribution in [-0.2, 0) is 0 Å². The average molecular weight is 242 g/mol. The van der Waals surface area contributed by atoms with Crippen molar-refractivity contribution in [2.45, 2.75) is 52.9 Å². The lowest BCUT2D eigenvalue weighted by atomic mass is 9.49. The predicted octanol–water partition coefficient (Wildman–Crippen LogP) is 4.97. The van der Waals surface area contributed by atoms with Gasteiger partial charge in [-0.15, -0.1) is 0 Å². The number of allylic oxidation sites excluding steroid dienone is 3. The third-order valence-electron chi connectivity index (χ3n) is 7.21. The molecule has 0 amide bonds.